The lowest BCUT2D eigenvalue weighted by atomic mass is 10.2. The number of hydrogen-bond donors (Lipinski definition) is 1. The summed E-state index contributed by atoms with van der Waals surface area (Å²) < 4.78 is 34.3. The third-order valence-electron chi connectivity index (χ3n) is 3.60. The molecule has 7 heteroatoms. The van der Waals surface area contributed by atoms with E-state index < -0.39 is 6.61 Å². The Morgan fingerprint density at radius 2 is 2.08 bits per heavy atom. The Morgan fingerprint density at radius 3 is 2.83 bits per heavy atom. The number of halogens is 2. The molecule has 1 heterocycles. The molecular formula is C17H22F2N2O3. The summed E-state index contributed by atoms with van der Waals surface area (Å²) in [6, 6.07) is 6.34. The zero-order valence-corrected chi connectivity index (χ0v) is 13.4. The maximum absolute atomic E-state index is 12.3. The van der Waals surface area contributed by atoms with Crippen LogP contribution in [0, 0.1) is 0 Å². The van der Waals surface area contributed by atoms with Crippen LogP contribution in [0.1, 0.15) is 12.0 Å². The van der Waals surface area contributed by atoms with E-state index in [0.29, 0.717) is 12.1 Å². The van der Waals surface area contributed by atoms with Crippen molar-refractivity contribution < 1.29 is 23.0 Å². The minimum Gasteiger partial charge on any atom is -0.434 e. The SMILES string of the molecule is O=C(/C=C/c1ccccc1OC(F)F)NCCCN1CCOCC1. The van der Waals surface area contributed by atoms with E-state index in [0.717, 1.165) is 39.3 Å². The largest absolute Gasteiger partial charge is 0.434 e. The van der Waals surface area contributed by atoms with Gasteiger partial charge in [0.15, 0.2) is 0 Å². The van der Waals surface area contributed by atoms with Crippen LogP contribution in [-0.4, -0.2) is 56.8 Å². The number of carbonyl (C=O) groups excluding carboxylic acids is 1. The van der Waals surface area contributed by atoms with Crippen molar-refractivity contribution in [1.82, 2.24) is 10.2 Å². The van der Waals surface area contributed by atoms with Crippen LogP contribution in [0.15, 0.2) is 30.3 Å². The molecule has 0 radical (unpaired) electrons. The number of alkyl halides is 2. The molecule has 0 saturated carbocycles. The molecule has 1 N–H and O–H groups in total. The van der Waals surface area contributed by atoms with Crippen molar-refractivity contribution >= 4 is 12.0 Å². The number of para-hydroxylation sites is 1. The molecule has 1 amide bonds. The molecule has 24 heavy (non-hydrogen) atoms. The summed E-state index contributed by atoms with van der Waals surface area (Å²) in [5.41, 5.74) is 0.432. The first-order valence-electron chi connectivity index (χ1n) is 7.95. The predicted octanol–water partition coefficient (Wildman–Crippen LogP) is 2.14. The number of amides is 1. The highest BCUT2D eigenvalue weighted by Crippen LogP contribution is 2.21. The summed E-state index contributed by atoms with van der Waals surface area (Å²) >= 11 is 0. The molecule has 1 aromatic rings. The number of carbonyl (C=O) groups is 1. The van der Waals surface area contributed by atoms with Gasteiger partial charge in [0.1, 0.15) is 5.75 Å². The molecule has 0 atom stereocenters. The summed E-state index contributed by atoms with van der Waals surface area (Å²) in [5, 5.41) is 2.78. The van der Waals surface area contributed by atoms with Gasteiger partial charge in [-0.05, 0) is 25.1 Å². The molecule has 5 nitrogen and oxygen atoms in total. The highest BCUT2D eigenvalue weighted by Gasteiger charge is 2.09. The molecule has 132 valence electrons. The molecular weight excluding hydrogens is 318 g/mol. The van der Waals surface area contributed by atoms with E-state index >= 15 is 0 Å². The Bertz CT molecular complexity index is 546. The summed E-state index contributed by atoms with van der Waals surface area (Å²) in [4.78, 5) is 14.1. The van der Waals surface area contributed by atoms with E-state index in [2.05, 4.69) is 15.0 Å². The van der Waals surface area contributed by atoms with Crippen LogP contribution in [0.25, 0.3) is 6.08 Å². The number of morpholine rings is 1. The monoisotopic (exact) mass is 340 g/mol. The molecule has 1 fully saturated rings. The molecule has 1 aliphatic rings. The van der Waals surface area contributed by atoms with Gasteiger partial charge in [-0.1, -0.05) is 18.2 Å². The van der Waals surface area contributed by atoms with E-state index in [1.165, 1.54) is 18.2 Å². The van der Waals surface area contributed by atoms with Crippen molar-refractivity contribution in [2.24, 2.45) is 0 Å². The van der Waals surface area contributed by atoms with Gasteiger partial charge in [0.25, 0.3) is 0 Å². The van der Waals surface area contributed by atoms with Gasteiger partial charge in [-0.25, -0.2) is 0 Å². The van der Waals surface area contributed by atoms with Crippen LogP contribution < -0.4 is 10.1 Å². The summed E-state index contributed by atoms with van der Waals surface area (Å²) in [6.45, 7) is 1.95. The van der Waals surface area contributed by atoms with Crippen LogP contribution in [0.5, 0.6) is 5.75 Å². The number of nitrogens with zero attached hydrogens (tertiary/aromatic N) is 1. The van der Waals surface area contributed by atoms with Gasteiger partial charge in [0, 0.05) is 31.3 Å². The zero-order chi connectivity index (χ0) is 17.2. The van der Waals surface area contributed by atoms with Crippen molar-refractivity contribution in [1.29, 1.82) is 0 Å². The molecule has 1 aliphatic heterocycles. The second kappa shape index (κ2) is 10.00. The lowest BCUT2D eigenvalue weighted by molar-refractivity contribution is -0.116. The number of ether oxygens (including phenoxy) is 2. The smallest absolute Gasteiger partial charge is 0.387 e. The molecule has 0 aromatic heterocycles. The molecule has 0 aliphatic carbocycles. The average Bonchev–Trinajstić information content (AvgIpc) is 2.58. The van der Waals surface area contributed by atoms with Crippen LogP contribution in [-0.2, 0) is 9.53 Å². The first kappa shape index (κ1) is 18.4. The molecule has 2 rings (SSSR count). The Kier molecular flexibility index (Phi) is 7.64. The molecule has 0 spiro atoms. The molecule has 0 unspecified atom stereocenters. The standard InChI is InChI=1S/C17H22F2N2O3/c18-17(19)24-15-5-2-1-4-14(15)6-7-16(22)20-8-3-9-21-10-12-23-13-11-21/h1-2,4-7,17H,3,8-13H2,(H,20,22)/b7-6+. The van der Waals surface area contributed by atoms with Crippen molar-refractivity contribution in [3.8, 4) is 5.75 Å². The van der Waals surface area contributed by atoms with Gasteiger partial charge in [-0.15, -0.1) is 0 Å². The molecule has 1 saturated heterocycles. The maximum atomic E-state index is 12.3. The van der Waals surface area contributed by atoms with Gasteiger partial charge in [-0.2, -0.15) is 8.78 Å². The Morgan fingerprint density at radius 1 is 1.33 bits per heavy atom. The van der Waals surface area contributed by atoms with Crippen molar-refractivity contribution in [3.63, 3.8) is 0 Å². The maximum Gasteiger partial charge on any atom is 0.387 e. The van der Waals surface area contributed by atoms with E-state index in [-0.39, 0.29) is 11.7 Å². The van der Waals surface area contributed by atoms with Crippen molar-refractivity contribution in [3.05, 3.63) is 35.9 Å². The van der Waals surface area contributed by atoms with E-state index in [4.69, 9.17) is 4.74 Å². The first-order chi connectivity index (χ1) is 11.6. The van der Waals surface area contributed by atoms with E-state index in [1.54, 1.807) is 18.2 Å². The van der Waals surface area contributed by atoms with Gasteiger partial charge >= 0.3 is 6.61 Å². The highest BCUT2D eigenvalue weighted by atomic mass is 19.3. The van der Waals surface area contributed by atoms with Crippen molar-refractivity contribution in [2.75, 3.05) is 39.4 Å². The lowest BCUT2D eigenvalue weighted by Gasteiger charge is -2.26. The fraction of sp³-hybridized carbons (Fsp3) is 0.471. The van der Waals surface area contributed by atoms with Gasteiger partial charge in [0.2, 0.25) is 5.91 Å². The van der Waals surface area contributed by atoms with Gasteiger partial charge < -0.3 is 14.8 Å². The third-order valence-corrected chi connectivity index (χ3v) is 3.60. The predicted molar refractivity (Wildman–Crippen MR) is 87.0 cm³/mol. The Labute approximate surface area is 140 Å². The minimum atomic E-state index is -2.89. The second-order valence-electron chi connectivity index (χ2n) is 5.35. The Balaban J connectivity index is 1.72. The average molecular weight is 340 g/mol. The van der Waals surface area contributed by atoms with Crippen LogP contribution in [0.4, 0.5) is 8.78 Å². The zero-order valence-electron chi connectivity index (χ0n) is 13.4. The minimum absolute atomic E-state index is 0.0452. The molecule has 0 bridgehead atoms. The van der Waals surface area contributed by atoms with Crippen molar-refractivity contribution in [2.45, 2.75) is 13.0 Å². The topological polar surface area (TPSA) is 50.8 Å². The summed E-state index contributed by atoms with van der Waals surface area (Å²) in [6.07, 6.45) is 3.64. The number of hydrogen-bond acceptors (Lipinski definition) is 4. The first-order valence-corrected chi connectivity index (χ1v) is 7.95. The van der Waals surface area contributed by atoms with Crippen LogP contribution in [0.2, 0.25) is 0 Å². The number of rotatable bonds is 8. The summed E-state index contributed by atoms with van der Waals surface area (Å²) in [7, 11) is 0. The number of benzene rings is 1. The highest BCUT2D eigenvalue weighted by molar-refractivity contribution is 5.92. The fourth-order valence-electron chi connectivity index (χ4n) is 2.38. The van der Waals surface area contributed by atoms with Gasteiger partial charge in [0.05, 0.1) is 13.2 Å². The second-order valence-corrected chi connectivity index (χ2v) is 5.35. The quantitative estimate of drug-likeness (QED) is 0.582. The third kappa shape index (κ3) is 6.64. The van der Waals surface area contributed by atoms with E-state index in [9.17, 15) is 13.6 Å². The van der Waals surface area contributed by atoms with Crippen LogP contribution >= 0.6 is 0 Å². The molecule has 1 aromatic carbocycles. The van der Waals surface area contributed by atoms with Gasteiger partial charge in [-0.3, -0.25) is 9.69 Å². The normalized spacial score (nSPS) is 15.8. The number of nitrogens with one attached hydrogen (secondary N) is 1. The summed E-state index contributed by atoms with van der Waals surface area (Å²) in [5.74, 6) is -0.215. The Hall–Kier alpha value is -1.99. The van der Waals surface area contributed by atoms with Crippen LogP contribution in [0.3, 0.4) is 0 Å². The van der Waals surface area contributed by atoms with E-state index in [1.807, 2.05) is 0 Å². The fourth-order valence-corrected chi connectivity index (χ4v) is 2.38. The lowest BCUT2D eigenvalue weighted by Crippen LogP contribution is -2.38.